The zero-order valence-corrected chi connectivity index (χ0v) is 15.0. The van der Waals surface area contributed by atoms with Crippen molar-refractivity contribution in [3.63, 3.8) is 0 Å². The van der Waals surface area contributed by atoms with Crippen molar-refractivity contribution in [1.29, 1.82) is 5.26 Å². The molecule has 1 atom stereocenters. The molecule has 0 fully saturated rings. The number of nitriles is 1. The Balaban J connectivity index is 1.97. The third-order valence-electron chi connectivity index (χ3n) is 4.50. The topological polar surface area (TPSA) is 131 Å². The van der Waals surface area contributed by atoms with Gasteiger partial charge in [0, 0.05) is 6.07 Å². The summed E-state index contributed by atoms with van der Waals surface area (Å²) in [6, 6.07) is 15.8. The quantitative estimate of drug-likeness (QED) is 0.513. The zero-order valence-electron chi connectivity index (χ0n) is 14.2. The smallest absolute Gasteiger partial charge is 0.288 e. The van der Waals surface area contributed by atoms with Crippen LogP contribution in [0.5, 0.6) is 5.88 Å². The molecule has 1 aliphatic rings. The second-order valence-electron chi connectivity index (χ2n) is 6.08. The van der Waals surface area contributed by atoms with Crippen molar-refractivity contribution >= 4 is 17.3 Å². The molecule has 8 nitrogen and oxygen atoms in total. The minimum Gasteiger partial charge on any atom is -0.420 e. The number of nitrogens with one attached hydrogen (secondary N) is 1. The van der Waals surface area contributed by atoms with Crippen LogP contribution in [0.2, 0.25) is 5.02 Å². The molecule has 1 aromatic heterocycles. The third kappa shape index (κ3) is 2.74. The van der Waals surface area contributed by atoms with Gasteiger partial charge in [-0.1, -0.05) is 48.0 Å². The molecule has 0 unspecified atom stereocenters. The summed E-state index contributed by atoms with van der Waals surface area (Å²) >= 11 is 5.95. The Morgan fingerprint density at radius 1 is 1.29 bits per heavy atom. The summed E-state index contributed by atoms with van der Waals surface area (Å²) in [5, 5.41) is 28.1. The van der Waals surface area contributed by atoms with Gasteiger partial charge < -0.3 is 10.5 Å². The van der Waals surface area contributed by atoms with E-state index in [0.717, 1.165) is 5.56 Å². The van der Waals surface area contributed by atoms with Crippen molar-refractivity contribution in [3.8, 4) is 23.2 Å². The molecular weight excluding hydrogens is 382 g/mol. The number of nitrogens with two attached hydrogens (primary N) is 1. The van der Waals surface area contributed by atoms with E-state index in [2.05, 4.69) is 16.3 Å². The third-order valence-corrected chi connectivity index (χ3v) is 4.82. The maximum Gasteiger partial charge on any atom is 0.288 e. The number of hydrogen-bond acceptors (Lipinski definition) is 6. The minimum absolute atomic E-state index is 0.00645. The first-order chi connectivity index (χ1) is 13.5. The van der Waals surface area contributed by atoms with E-state index in [-0.39, 0.29) is 28.0 Å². The number of nitro groups is 1. The molecule has 1 aliphatic heterocycles. The normalized spacial score (nSPS) is 15.5. The number of fused-ring (bicyclic) bond motifs is 1. The molecular formula is C19H12ClN5O3. The van der Waals surface area contributed by atoms with Gasteiger partial charge in [0.15, 0.2) is 0 Å². The Hall–Kier alpha value is -3.83. The van der Waals surface area contributed by atoms with Gasteiger partial charge in [0.2, 0.25) is 11.8 Å². The van der Waals surface area contributed by atoms with Gasteiger partial charge in [0.25, 0.3) is 5.69 Å². The summed E-state index contributed by atoms with van der Waals surface area (Å²) in [5.74, 6) is -0.569. The van der Waals surface area contributed by atoms with Gasteiger partial charge in [0.05, 0.1) is 22.1 Å². The summed E-state index contributed by atoms with van der Waals surface area (Å²) in [6.07, 6.45) is 0. The standard InChI is InChI=1S/C19H12ClN5O3/c20-13-7-6-11(8-14(13)25(26)27)15-12(9-21)18(22)28-19-16(15)17(23-24-19)10-4-2-1-3-5-10/h1-8,15H,22H2,(H,23,24)/t15-/m0/s1. The molecule has 138 valence electrons. The molecule has 0 bridgehead atoms. The Kier molecular flexibility index (Phi) is 4.22. The highest BCUT2D eigenvalue weighted by Crippen LogP contribution is 2.46. The van der Waals surface area contributed by atoms with Gasteiger partial charge in [-0.3, -0.25) is 15.2 Å². The van der Waals surface area contributed by atoms with E-state index in [9.17, 15) is 15.4 Å². The summed E-state index contributed by atoms with van der Waals surface area (Å²) in [6.45, 7) is 0. The predicted octanol–water partition coefficient (Wildman–Crippen LogP) is 3.86. The molecule has 0 saturated heterocycles. The maximum atomic E-state index is 11.3. The molecule has 0 radical (unpaired) electrons. The largest absolute Gasteiger partial charge is 0.420 e. The SMILES string of the molecule is N#CC1=C(N)Oc2n[nH]c(-c3ccccc3)c2[C@H]1c1ccc(Cl)c([N+](=O)[O-])c1. The Morgan fingerprint density at radius 2 is 2.04 bits per heavy atom. The van der Waals surface area contributed by atoms with E-state index >= 15 is 0 Å². The summed E-state index contributed by atoms with van der Waals surface area (Å²) < 4.78 is 5.52. The number of allylic oxidation sites excluding steroid dienone is 1. The fourth-order valence-corrected chi connectivity index (χ4v) is 3.44. The van der Waals surface area contributed by atoms with Crippen LogP contribution in [-0.4, -0.2) is 15.1 Å². The van der Waals surface area contributed by atoms with Crippen molar-refractivity contribution < 1.29 is 9.66 Å². The number of aromatic amines is 1. The number of halogens is 1. The van der Waals surface area contributed by atoms with Crippen LogP contribution in [0, 0.1) is 21.4 Å². The van der Waals surface area contributed by atoms with Crippen LogP contribution in [0.1, 0.15) is 17.0 Å². The van der Waals surface area contributed by atoms with Gasteiger partial charge >= 0.3 is 0 Å². The van der Waals surface area contributed by atoms with Crippen LogP contribution in [-0.2, 0) is 0 Å². The molecule has 0 saturated carbocycles. The van der Waals surface area contributed by atoms with Gasteiger partial charge in [0.1, 0.15) is 16.7 Å². The van der Waals surface area contributed by atoms with Crippen molar-refractivity contribution in [2.75, 3.05) is 0 Å². The van der Waals surface area contributed by atoms with Crippen LogP contribution in [0.3, 0.4) is 0 Å². The second-order valence-corrected chi connectivity index (χ2v) is 6.48. The molecule has 2 heterocycles. The van der Waals surface area contributed by atoms with Crippen molar-refractivity contribution in [3.05, 3.63) is 86.3 Å². The van der Waals surface area contributed by atoms with Crippen LogP contribution in [0.4, 0.5) is 5.69 Å². The Labute approximate surface area is 164 Å². The predicted molar refractivity (Wildman–Crippen MR) is 101 cm³/mol. The fraction of sp³-hybridized carbons (Fsp3) is 0.0526. The highest BCUT2D eigenvalue weighted by atomic mass is 35.5. The molecule has 0 aliphatic carbocycles. The first kappa shape index (κ1) is 17.6. The van der Waals surface area contributed by atoms with Crippen LogP contribution in [0.15, 0.2) is 60.0 Å². The summed E-state index contributed by atoms with van der Waals surface area (Å²) in [7, 11) is 0. The molecule has 9 heteroatoms. The average Bonchev–Trinajstić information content (AvgIpc) is 3.11. The Bertz CT molecular complexity index is 1160. The summed E-state index contributed by atoms with van der Waals surface area (Å²) in [4.78, 5) is 10.8. The molecule has 0 amide bonds. The van der Waals surface area contributed by atoms with Gasteiger partial charge in [-0.05, 0) is 17.2 Å². The van der Waals surface area contributed by atoms with Gasteiger partial charge in [-0.15, -0.1) is 5.10 Å². The maximum absolute atomic E-state index is 11.3. The highest BCUT2D eigenvalue weighted by Gasteiger charge is 2.36. The Morgan fingerprint density at radius 3 is 2.71 bits per heavy atom. The van der Waals surface area contributed by atoms with Gasteiger partial charge in [-0.25, -0.2) is 0 Å². The lowest BCUT2D eigenvalue weighted by atomic mass is 9.83. The van der Waals surface area contributed by atoms with E-state index in [1.807, 2.05) is 30.3 Å². The average molecular weight is 394 g/mol. The highest BCUT2D eigenvalue weighted by molar-refractivity contribution is 6.32. The van der Waals surface area contributed by atoms with Crippen LogP contribution < -0.4 is 10.5 Å². The monoisotopic (exact) mass is 393 g/mol. The zero-order chi connectivity index (χ0) is 19.8. The molecule has 2 aromatic carbocycles. The second kappa shape index (κ2) is 6.72. The van der Waals surface area contributed by atoms with Gasteiger partial charge in [-0.2, -0.15) is 5.26 Å². The van der Waals surface area contributed by atoms with Crippen molar-refractivity contribution in [2.45, 2.75) is 5.92 Å². The number of ether oxygens (including phenoxy) is 1. The molecule has 28 heavy (non-hydrogen) atoms. The number of nitro benzene ring substituents is 1. The van der Waals surface area contributed by atoms with E-state index in [4.69, 9.17) is 22.1 Å². The lowest BCUT2D eigenvalue weighted by molar-refractivity contribution is -0.384. The number of H-pyrrole nitrogens is 1. The minimum atomic E-state index is -0.696. The first-order valence-electron chi connectivity index (χ1n) is 8.16. The van der Waals surface area contributed by atoms with E-state index < -0.39 is 10.8 Å². The van der Waals surface area contributed by atoms with E-state index in [1.54, 1.807) is 6.07 Å². The number of nitrogens with zero attached hydrogens (tertiary/aromatic N) is 3. The fourth-order valence-electron chi connectivity index (χ4n) is 3.25. The molecule has 3 N–H and O–H groups in total. The lowest BCUT2D eigenvalue weighted by Gasteiger charge is -2.24. The number of benzene rings is 2. The molecule has 4 rings (SSSR count). The number of hydrogen-bond donors (Lipinski definition) is 2. The van der Waals surface area contributed by atoms with E-state index in [0.29, 0.717) is 16.8 Å². The lowest BCUT2D eigenvalue weighted by Crippen LogP contribution is -2.21. The molecule has 0 spiro atoms. The van der Waals surface area contributed by atoms with Crippen LogP contribution >= 0.6 is 11.6 Å². The number of rotatable bonds is 3. The number of aromatic nitrogens is 2. The summed E-state index contributed by atoms with van der Waals surface area (Å²) in [5.41, 5.74) is 8.34. The van der Waals surface area contributed by atoms with Crippen molar-refractivity contribution in [2.24, 2.45) is 5.73 Å². The first-order valence-corrected chi connectivity index (χ1v) is 8.54. The molecule has 3 aromatic rings. The van der Waals surface area contributed by atoms with E-state index in [1.165, 1.54) is 12.1 Å². The van der Waals surface area contributed by atoms with Crippen molar-refractivity contribution in [1.82, 2.24) is 10.2 Å². The van der Waals surface area contributed by atoms with Crippen LogP contribution in [0.25, 0.3) is 11.3 Å².